The van der Waals surface area contributed by atoms with E-state index >= 15 is 0 Å². The molecular weight excluding hydrogens is 425 g/mol. The van der Waals surface area contributed by atoms with Gasteiger partial charge in [-0.2, -0.15) is 0 Å². The number of nitrogens with zero attached hydrogens (tertiary/aromatic N) is 2. The minimum Gasteiger partial charge on any atom is -0.325 e. The predicted octanol–water partition coefficient (Wildman–Crippen LogP) is 5.13. The van der Waals surface area contributed by atoms with Crippen molar-refractivity contribution in [3.8, 4) is 5.69 Å². The summed E-state index contributed by atoms with van der Waals surface area (Å²) in [5, 5.41) is 3.62. The van der Waals surface area contributed by atoms with Gasteiger partial charge in [-0.1, -0.05) is 61.2 Å². The zero-order valence-corrected chi connectivity index (χ0v) is 18.6. The minimum atomic E-state index is -0.537. The number of aryl methyl sites for hydroxylation is 2. The van der Waals surface area contributed by atoms with Crippen LogP contribution in [0.15, 0.2) is 76.7 Å². The van der Waals surface area contributed by atoms with E-state index in [1.54, 1.807) is 36.4 Å². The average Bonchev–Trinajstić information content (AvgIpc) is 2.80. The first-order valence-electron chi connectivity index (χ1n) is 10.3. The van der Waals surface area contributed by atoms with E-state index < -0.39 is 5.82 Å². The number of carbonyl (C=O) groups is 1. The molecule has 32 heavy (non-hydrogen) atoms. The van der Waals surface area contributed by atoms with Crippen molar-refractivity contribution >= 4 is 34.3 Å². The molecule has 1 N–H and O–H groups in total. The van der Waals surface area contributed by atoms with Gasteiger partial charge in [0, 0.05) is 5.69 Å². The summed E-state index contributed by atoms with van der Waals surface area (Å²) in [4.78, 5) is 30.5. The summed E-state index contributed by atoms with van der Waals surface area (Å²) in [7, 11) is 0. The van der Waals surface area contributed by atoms with Crippen LogP contribution in [0, 0.1) is 12.7 Å². The average molecular weight is 448 g/mol. The Morgan fingerprint density at radius 3 is 2.59 bits per heavy atom. The molecule has 1 aromatic heterocycles. The molecular formula is C25H22FN3O2S. The van der Waals surface area contributed by atoms with Crippen molar-refractivity contribution in [2.75, 3.05) is 11.1 Å². The number of benzene rings is 3. The molecule has 4 aromatic rings. The summed E-state index contributed by atoms with van der Waals surface area (Å²) in [6.45, 7) is 3.98. The molecule has 162 valence electrons. The van der Waals surface area contributed by atoms with Crippen LogP contribution in [-0.4, -0.2) is 21.2 Å². The number of halogens is 1. The molecule has 0 unspecified atom stereocenters. The second kappa shape index (κ2) is 9.36. The van der Waals surface area contributed by atoms with Crippen molar-refractivity contribution in [1.29, 1.82) is 0 Å². The van der Waals surface area contributed by atoms with Gasteiger partial charge in [0.25, 0.3) is 5.56 Å². The van der Waals surface area contributed by atoms with Gasteiger partial charge >= 0.3 is 0 Å². The Morgan fingerprint density at radius 2 is 1.81 bits per heavy atom. The molecule has 0 atom stereocenters. The highest BCUT2D eigenvalue weighted by molar-refractivity contribution is 7.99. The third-order valence-electron chi connectivity index (χ3n) is 5.18. The largest absolute Gasteiger partial charge is 0.325 e. The molecule has 1 heterocycles. The molecule has 0 fully saturated rings. The lowest BCUT2D eigenvalue weighted by Crippen LogP contribution is -2.24. The molecule has 0 bridgehead atoms. The van der Waals surface area contributed by atoms with E-state index in [1.165, 1.54) is 16.7 Å². The summed E-state index contributed by atoms with van der Waals surface area (Å²) in [6, 6.07) is 18.8. The Kier molecular flexibility index (Phi) is 6.37. The van der Waals surface area contributed by atoms with E-state index in [9.17, 15) is 14.0 Å². The van der Waals surface area contributed by atoms with Crippen molar-refractivity contribution in [2.45, 2.75) is 25.4 Å². The van der Waals surface area contributed by atoms with E-state index in [0.29, 0.717) is 10.9 Å². The monoisotopic (exact) mass is 447 g/mol. The van der Waals surface area contributed by atoms with Gasteiger partial charge in [-0.05, 0) is 48.7 Å². The number of thioether (sulfide) groups is 1. The van der Waals surface area contributed by atoms with Gasteiger partial charge in [0.05, 0.1) is 22.3 Å². The van der Waals surface area contributed by atoms with Gasteiger partial charge in [0.2, 0.25) is 5.91 Å². The van der Waals surface area contributed by atoms with Crippen molar-refractivity contribution < 1.29 is 9.18 Å². The van der Waals surface area contributed by atoms with Crippen LogP contribution in [0.3, 0.4) is 0 Å². The number of hydrogen-bond donors (Lipinski definition) is 1. The summed E-state index contributed by atoms with van der Waals surface area (Å²) < 4.78 is 15.8. The van der Waals surface area contributed by atoms with Crippen molar-refractivity contribution in [1.82, 2.24) is 9.55 Å². The zero-order valence-electron chi connectivity index (χ0n) is 17.8. The van der Waals surface area contributed by atoms with Gasteiger partial charge in [-0.25, -0.2) is 9.37 Å². The van der Waals surface area contributed by atoms with E-state index in [-0.39, 0.29) is 28.1 Å². The zero-order chi connectivity index (χ0) is 22.7. The van der Waals surface area contributed by atoms with Crippen LogP contribution in [-0.2, 0) is 11.2 Å². The number of aromatic nitrogens is 2. The quantitative estimate of drug-likeness (QED) is 0.329. The number of carbonyl (C=O) groups excluding carboxylic acids is 1. The third kappa shape index (κ3) is 4.29. The van der Waals surface area contributed by atoms with Gasteiger partial charge in [0.15, 0.2) is 5.16 Å². The van der Waals surface area contributed by atoms with Gasteiger partial charge in [0.1, 0.15) is 5.82 Å². The Hall–Kier alpha value is -3.45. The number of hydrogen-bond acceptors (Lipinski definition) is 4. The van der Waals surface area contributed by atoms with Crippen LogP contribution in [0.5, 0.6) is 0 Å². The highest BCUT2D eigenvalue weighted by atomic mass is 32.2. The molecule has 0 saturated carbocycles. The van der Waals surface area contributed by atoms with Gasteiger partial charge in [-0.15, -0.1) is 0 Å². The highest BCUT2D eigenvalue weighted by Crippen LogP contribution is 2.25. The third-order valence-corrected chi connectivity index (χ3v) is 6.11. The molecule has 0 saturated heterocycles. The van der Waals surface area contributed by atoms with Crippen LogP contribution < -0.4 is 10.9 Å². The molecule has 0 aliphatic rings. The number of anilines is 1. The smallest absolute Gasteiger partial charge is 0.266 e. The summed E-state index contributed by atoms with van der Waals surface area (Å²) in [5.74, 6) is -0.733. The Morgan fingerprint density at radius 1 is 1.06 bits per heavy atom. The standard InChI is InChI=1S/C25H22FN3O2S/c1-3-17-10-8-9-16(2)23(17)28-22(30)15-32-25-27-20-13-6-4-11-18(20)24(31)29(25)21-14-7-5-12-19(21)26/h4-14H,3,15H2,1-2H3,(H,28,30). The number of para-hydroxylation sites is 3. The highest BCUT2D eigenvalue weighted by Gasteiger charge is 2.17. The molecule has 0 aliphatic carbocycles. The second-order valence-electron chi connectivity index (χ2n) is 7.30. The first-order valence-corrected chi connectivity index (χ1v) is 11.3. The normalized spacial score (nSPS) is 11.0. The van der Waals surface area contributed by atoms with Gasteiger partial charge in [-0.3, -0.25) is 14.2 Å². The van der Waals surface area contributed by atoms with Crippen molar-refractivity contribution in [3.05, 3.63) is 94.0 Å². The van der Waals surface area contributed by atoms with E-state index in [1.807, 2.05) is 32.0 Å². The van der Waals surface area contributed by atoms with E-state index in [4.69, 9.17) is 0 Å². The van der Waals surface area contributed by atoms with Crippen LogP contribution in [0.4, 0.5) is 10.1 Å². The lowest BCUT2D eigenvalue weighted by atomic mass is 10.1. The number of fused-ring (bicyclic) bond motifs is 1. The number of amides is 1. The van der Waals surface area contributed by atoms with E-state index in [0.717, 1.165) is 35.0 Å². The first-order chi connectivity index (χ1) is 15.5. The topological polar surface area (TPSA) is 64.0 Å². The Bertz CT molecular complexity index is 1370. The van der Waals surface area contributed by atoms with Crippen molar-refractivity contribution in [2.24, 2.45) is 0 Å². The lowest BCUT2D eigenvalue weighted by Gasteiger charge is -2.15. The molecule has 1 amide bonds. The van der Waals surface area contributed by atoms with Gasteiger partial charge < -0.3 is 5.32 Å². The summed E-state index contributed by atoms with van der Waals surface area (Å²) in [6.07, 6.45) is 0.795. The molecule has 0 spiro atoms. The summed E-state index contributed by atoms with van der Waals surface area (Å²) in [5.41, 5.74) is 3.06. The SMILES string of the molecule is CCc1cccc(C)c1NC(=O)CSc1nc2ccccc2c(=O)n1-c1ccccc1F. The Balaban J connectivity index is 1.69. The maximum atomic E-state index is 14.6. The van der Waals surface area contributed by atoms with Crippen LogP contribution >= 0.6 is 11.8 Å². The fourth-order valence-electron chi connectivity index (χ4n) is 3.56. The lowest BCUT2D eigenvalue weighted by molar-refractivity contribution is -0.113. The second-order valence-corrected chi connectivity index (χ2v) is 8.25. The maximum absolute atomic E-state index is 14.6. The molecule has 3 aromatic carbocycles. The molecule has 0 radical (unpaired) electrons. The number of rotatable bonds is 6. The Labute approximate surface area is 189 Å². The minimum absolute atomic E-state index is 0.0245. The van der Waals surface area contributed by atoms with Crippen LogP contribution in [0.25, 0.3) is 16.6 Å². The molecule has 7 heteroatoms. The molecule has 5 nitrogen and oxygen atoms in total. The molecule has 0 aliphatic heterocycles. The first kappa shape index (κ1) is 21.8. The van der Waals surface area contributed by atoms with Crippen LogP contribution in [0.2, 0.25) is 0 Å². The molecule has 4 rings (SSSR count). The van der Waals surface area contributed by atoms with E-state index in [2.05, 4.69) is 10.3 Å². The van der Waals surface area contributed by atoms with Crippen LogP contribution in [0.1, 0.15) is 18.1 Å². The summed E-state index contributed by atoms with van der Waals surface area (Å²) >= 11 is 1.10. The fourth-order valence-corrected chi connectivity index (χ4v) is 4.37. The fraction of sp³-hybridized carbons (Fsp3) is 0.160. The number of nitrogens with one attached hydrogen (secondary N) is 1. The van der Waals surface area contributed by atoms with Crippen molar-refractivity contribution in [3.63, 3.8) is 0 Å². The predicted molar refractivity (Wildman–Crippen MR) is 127 cm³/mol. The maximum Gasteiger partial charge on any atom is 0.266 e.